The monoisotopic (exact) mass is 216 g/mol. The van der Waals surface area contributed by atoms with Gasteiger partial charge in [0.15, 0.2) is 0 Å². The molecule has 12 heavy (non-hydrogen) atoms. The molecule has 0 fully saturated rings. The molecule has 1 rings (SSSR count). The summed E-state index contributed by atoms with van der Waals surface area (Å²) in [6.45, 7) is 0. The molecule has 0 bridgehead atoms. The van der Waals surface area contributed by atoms with Crippen molar-refractivity contribution in [2.45, 2.75) is 0 Å². The second-order valence-corrected chi connectivity index (χ2v) is 3.53. The zero-order valence-corrected chi connectivity index (χ0v) is 10.9. The Kier molecular flexibility index (Phi) is 3.88. The molecule has 62 valence electrons. The third-order valence-corrected chi connectivity index (χ3v) is 1.60. The molecule has 0 amide bonds. The summed E-state index contributed by atoms with van der Waals surface area (Å²) < 4.78 is 0.731. The van der Waals surface area contributed by atoms with Crippen LogP contribution in [0, 0.1) is 0 Å². The smallest absolute Gasteiger partial charge is 0.135 e. The number of rotatable bonds is 1. The van der Waals surface area contributed by atoms with Gasteiger partial charge in [0, 0.05) is 25.5 Å². The number of hydrogen-bond acceptors (Lipinski definition) is 1. The first-order chi connectivity index (χ1) is 5.00. The molecule has 1 N–H and O–H groups in total. The van der Waals surface area contributed by atoms with Crippen molar-refractivity contribution in [2.24, 2.45) is 0 Å². The first-order valence-electron chi connectivity index (χ1n) is 3.61. The van der Waals surface area contributed by atoms with E-state index in [0.29, 0.717) is 5.75 Å². The fraction of sp³-hybridized carbons (Fsp3) is 0.333. The maximum absolute atomic E-state index is 9.17. The van der Waals surface area contributed by atoms with Gasteiger partial charge in [0.25, 0.3) is 0 Å². The van der Waals surface area contributed by atoms with Crippen molar-refractivity contribution >= 4 is 5.69 Å². The Balaban J connectivity index is 0.00000121. The molecular weight excluding hydrogens is 203 g/mol. The van der Waals surface area contributed by atoms with E-state index in [1.165, 1.54) is 0 Å². The largest absolute Gasteiger partial charge is 0.508 e. The number of aromatic hydroxyl groups is 1. The van der Waals surface area contributed by atoms with Crippen molar-refractivity contribution in [1.82, 2.24) is 4.48 Å². The number of phenols is 1. The van der Waals surface area contributed by atoms with E-state index < -0.39 is 0 Å². The summed E-state index contributed by atoms with van der Waals surface area (Å²) in [5, 5.41) is 9.17. The van der Waals surface area contributed by atoms with Crippen LogP contribution in [0.1, 0.15) is 0 Å². The van der Waals surface area contributed by atoms with Crippen LogP contribution in [0.4, 0.5) is 5.69 Å². The predicted octanol–water partition coefficient (Wildman–Crippen LogP) is 1.59. The molecule has 0 atom stereocenters. The Bertz CT molecular complexity index is 255. The molecule has 0 spiro atoms. The third kappa shape index (κ3) is 2.92. The van der Waals surface area contributed by atoms with E-state index in [9.17, 15) is 0 Å². The normalized spacial score (nSPS) is 10.6. The molecular formula is C9H14NOZn+. The summed E-state index contributed by atoms with van der Waals surface area (Å²) in [7, 11) is 6.19. The third-order valence-electron chi connectivity index (χ3n) is 1.60. The topological polar surface area (TPSA) is 20.2 Å². The van der Waals surface area contributed by atoms with Crippen LogP contribution in [0.2, 0.25) is 0 Å². The summed E-state index contributed by atoms with van der Waals surface area (Å²) in [5.41, 5.74) is 1.10. The Hall–Kier alpha value is -0.397. The molecule has 0 saturated heterocycles. The number of quaternary nitrogens is 1. The van der Waals surface area contributed by atoms with Crippen LogP contribution in [-0.2, 0) is 19.5 Å². The van der Waals surface area contributed by atoms with Gasteiger partial charge in [-0.05, 0) is 12.1 Å². The van der Waals surface area contributed by atoms with E-state index in [1.807, 2.05) is 12.1 Å². The van der Waals surface area contributed by atoms with E-state index >= 15 is 0 Å². The minimum Gasteiger partial charge on any atom is -0.508 e. The van der Waals surface area contributed by atoms with Gasteiger partial charge in [-0.2, -0.15) is 0 Å². The first kappa shape index (κ1) is 11.6. The average molecular weight is 218 g/mol. The molecule has 0 aromatic heterocycles. The Morgan fingerprint density at radius 1 is 1.17 bits per heavy atom. The maximum Gasteiger partial charge on any atom is 0.135 e. The molecule has 1 aromatic rings. The van der Waals surface area contributed by atoms with Crippen molar-refractivity contribution in [3.63, 3.8) is 0 Å². The number of hydrogen-bond donors (Lipinski definition) is 1. The van der Waals surface area contributed by atoms with E-state index in [1.54, 1.807) is 12.1 Å². The molecule has 0 unspecified atom stereocenters. The fourth-order valence-electron chi connectivity index (χ4n) is 0.910. The maximum atomic E-state index is 9.17. The molecule has 0 saturated carbocycles. The van der Waals surface area contributed by atoms with E-state index in [-0.39, 0.29) is 19.5 Å². The van der Waals surface area contributed by atoms with Crippen molar-refractivity contribution < 1.29 is 24.6 Å². The van der Waals surface area contributed by atoms with Gasteiger partial charge in [0.2, 0.25) is 0 Å². The minimum atomic E-state index is 0. The van der Waals surface area contributed by atoms with Crippen LogP contribution in [0.3, 0.4) is 0 Å². The molecule has 1 aromatic carbocycles. The van der Waals surface area contributed by atoms with E-state index in [0.717, 1.165) is 10.2 Å². The van der Waals surface area contributed by atoms with Crippen LogP contribution in [0.5, 0.6) is 5.75 Å². The minimum absolute atomic E-state index is 0. The SMILES string of the molecule is C[N+](C)(C)c1cccc(O)c1.[Zn]. The van der Waals surface area contributed by atoms with Crippen molar-refractivity contribution in [3.05, 3.63) is 24.3 Å². The van der Waals surface area contributed by atoms with Gasteiger partial charge in [0.05, 0.1) is 21.1 Å². The fourth-order valence-corrected chi connectivity index (χ4v) is 0.910. The standard InChI is InChI=1S/C9H13NO.Zn/c1-10(2,3)8-5-4-6-9(11)7-8;/h4-7H,1-3H3;/p+1. The zero-order valence-electron chi connectivity index (χ0n) is 7.91. The first-order valence-corrected chi connectivity index (χ1v) is 3.61. The summed E-state index contributed by atoms with van der Waals surface area (Å²) in [5.74, 6) is 0.329. The Morgan fingerprint density at radius 3 is 2.08 bits per heavy atom. The van der Waals surface area contributed by atoms with Crippen LogP contribution in [0.25, 0.3) is 0 Å². The van der Waals surface area contributed by atoms with Gasteiger partial charge >= 0.3 is 0 Å². The molecule has 3 heteroatoms. The quantitative estimate of drug-likeness (QED) is 0.560. The molecule has 0 aliphatic heterocycles. The van der Waals surface area contributed by atoms with Crippen molar-refractivity contribution in [1.29, 1.82) is 0 Å². The van der Waals surface area contributed by atoms with Gasteiger partial charge in [-0.3, -0.25) is 4.48 Å². The molecule has 0 heterocycles. The van der Waals surface area contributed by atoms with E-state index in [2.05, 4.69) is 21.1 Å². The van der Waals surface area contributed by atoms with Crippen LogP contribution in [0.15, 0.2) is 24.3 Å². The van der Waals surface area contributed by atoms with Crippen LogP contribution >= 0.6 is 0 Å². The van der Waals surface area contributed by atoms with E-state index in [4.69, 9.17) is 5.11 Å². The molecule has 0 aliphatic rings. The van der Waals surface area contributed by atoms with Gasteiger partial charge in [-0.15, -0.1) is 0 Å². The van der Waals surface area contributed by atoms with Crippen LogP contribution in [-0.4, -0.2) is 26.2 Å². The predicted molar refractivity (Wildman–Crippen MR) is 47.7 cm³/mol. The summed E-state index contributed by atoms with van der Waals surface area (Å²) in [6, 6.07) is 7.31. The summed E-state index contributed by atoms with van der Waals surface area (Å²) in [6.07, 6.45) is 0. The molecule has 2 nitrogen and oxygen atoms in total. The van der Waals surface area contributed by atoms with Crippen molar-refractivity contribution in [2.75, 3.05) is 21.1 Å². The number of nitrogens with zero attached hydrogens (tertiary/aromatic N) is 1. The summed E-state index contributed by atoms with van der Waals surface area (Å²) >= 11 is 0. The van der Waals surface area contributed by atoms with Gasteiger partial charge in [0.1, 0.15) is 11.4 Å². The Labute approximate surface area is 86.2 Å². The Morgan fingerprint density at radius 2 is 1.75 bits per heavy atom. The second-order valence-electron chi connectivity index (χ2n) is 3.53. The molecule has 0 aliphatic carbocycles. The number of phenolic OH excluding ortho intramolecular Hbond substituents is 1. The number of benzene rings is 1. The average Bonchev–Trinajstić information content (AvgIpc) is 1.86. The summed E-state index contributed by atoms with van der Waals surface area (Å²) in [4.78, 5) is 0. The van der Waals surface area contributed by atoms with Crippen LogP contribution < -0.4 is 4.48 Å². The zero-order chi connectivity index (χ0) is 8.48. The second kappa shape index (κ2) is 4.02. The molecule has 0 radical (unpaired) electrons. The van der Waals surface area contributed by atoms with Gasteiger partial charge < -0.3 is 5.11 Å². The van der Waals surface area contributed by atoms with Gasteiger partial charge in [-0.1, -0.05) is 6.07 Å². The van der Waals surface area contributed by atoms with Crippen molar-refractivity contribution in [3.8, 4) is 5.75 Å². The van der Waals surface area contributed by atoms with Gasteiger partial charge in [-0.25, -0.2) is 0 Å².